The summed E-state index contributed by atoms with van der Waals surface area (Å²) >= 11 is 3.18. The highest BCUT2D eigenvalue weighted by molar-refractivity contribution is 9.10. The maximum absolute atomic E-state index is 13.8. The molecular formula is C12H9BrFNO5. The minimum atomic E-state index is -1.26. The van der Waals surface area contributed by atoms with E-state index < -0.39 is 11.8 Å². The van der Waals surface area contributed by atoms with Gasteiger partial charge in [0.2, 0.25) is 5.76 Å². The number of methoxy groups -OCH3 is 2. The van der Waals surface area contributed by atoms with Crippen LogP contribution in [0, 0.1) is 5.82 Å². The molecule has 0 amide bonds. The molecule has 0 saturated heterocycles. The SMILES string of the molecule is COc1c(F)cc(Br)c(-c2cc(C(=O)O)on2)c1OC. The van der Waals surface area contributed by atoms with Crippen LogP contribution in [0.15, 0.2) is 21.1 Å². The Hall–Kier alpha value is -2.09. The predicted molar refractivity (Wildman–Crippen MR) is 69.7 cm³/mol. The number of carboxylic acids is 1. The van der Waals surface area contributed by atoms with E-state index in [-0.39, 0.29) is 23.0 Å². The fraction of sp³-hybridized carbons (Fsp3) is 0.167. The third-order valence-corrected chi connectivity index (χ3v) is 3.15. The molecular weight excluding hydrogens is 337 g/mol. The largest absolute Gasteiger partial charge is 0.492 e. The van der Waals surface area contributed by atoms with E-state index in [1.807, 2.05) is 0 Å². The summed E-state index contributed by atoms with van der Waals surface area (Å²) in [6.07, 6.45) is 0. The zero-order valence-electron chi connectivity index (χ0n) is 10.4. The number of nitrogens with zero attached hydrogens (tertiary/aromatic N) is 1. The van der Waals surface area contributed by atoms with E-state index in [9.17, 15) is 9.18 Å². The van der Waals surface area contributed by atoms with E-state index in [1.165, 1.54) is 26.4 Å². The molecule has 0 aliphatic carbocycles. The van der Waals surface area contributed by atoms with Gasteiger partial charge in [0.05, 0.1) is 19.8 Å². The van der Waals surface area contributed by atoms with E-state index >= 15 is 0 Å². The highest BCUT2D eigenvalue weighted by Crippen LogP contribution is 2.44. The lowest BCUT2D eigenvalue weighted by atomic mass is 10.1. The molecule has 6 nitrogen and oxygen atoms in total. The molecule has 8 heteroatoms. The Bertz CT molecular complexity index is 670. The van der Waals surface area contributed by atoms with E-state index in [0.29, 0.717) is 10.0 Å². The van der Waals surface area contributed by atoms with Crippen LogP contribution in [0.3, 0.4) is 0 Å². The summed E-state index contributed by atoms with van der Waals surface area (Å²) in [5, 5.41) is 12.5. The Balaban J connectivity index is 2.68. The van der Waals surface area contributed by atoms with Crippen molar-refractivity contribution in [1.29, 1.82) is 0 Å². The number of hydrogen-bond donors (Lipinski definition) is 1. The van der Waals surface area contributed by atoms with Gasteiger partial charge in [-0.3, -0.25) is 0 Å². The van der Waals surface area contributed by atoms with Crippen molar-refractivity contribution >= 4 is 21.9 Å². The number of carboxylic acid groups (broad SMARTS) is 1. The summed E-state index contributed by atoms with van der Waals surface area (Å²) in [6, 6.07) is 2.38. The molecule has 0 bridgehead atoms. The minimum Gasteiger partial charge on any atom is -0.492 e. The van der Waals surface area contributed by atoms with Crippen molar-refractivity contribution in [2.75, 3.05) is 14.2 Å². The van der Waals surface area contributed by atoms with Crippen LogP contribution < -0.4 is 9.47 Å². The molecule has 2 rings (SSSR count). The van der Waals surface area contributed by atoms with Crippen molar-refractivity contribution < 1.29 is 28.3 Å². The fourth-order valence-electron chi connectivity index (χ4n) is 1.70. The van der Waals surface area contributed by atoms with Gasteiger partial charge in [0.25, 0.3) is 0 Å². The van der Waals surface area contributed by atoms with Crippen LogP contribution in [0.4, 0.5) is 4.39 Å². The molecule has 0 unspecified atom stereocenters. The number of aromatic carboxylic acids is 1. The van der Waals surface area contributed by atoms with E-state index in [4.69, 9.17) is 14.6 Å². The van der Waals surface area contributed by atoms with Gasteiger partial charge in [-0.25, -0.2) is 9.18 Å². The van der Waals surface area contributed by atoms with E-state index in [1.54, 1.807) is 0 Å². The van der Waals surface area contributed by atoms with Gasteiger partial charge in [0.15, 0.2) is 17.3 Å². The van der Waals surface area contributed by atoms with Gasteiger partial charge in [0, 0.05) is 10.5 Å². The molecule has 0 aliphatic rings. The molecule has 0 atom stereocenters. The molecule has 1 heterocycles. The average Bonchev–Trinajstić information content (AvgIpc) is 2.87. The highest BCUT2D eigenvalue weighted by Gasteiger charge is 2.23. The molecule has 0 radical (unpaired) electrons. The van der Waals surface area contributed by atoms with Crippen molar-refractivity contribution in [3.63, 3.8) is 0 Å². The number of carbonyl (C=O) groups is 1. The van der Waals surface area contributed by atoms with Gasteiger partial charge in [-0.1, -0.05) is 5.16 Å². The van der Waals surface area contributed by atoms with Crippen LogP contribution in [0.25, 0.3) is 11.3 Å². The first kappa shape index (κ1) is 14.3. The number of hydrogen-bond acceptors (Lipinski definition) is 5. The van der Waals surface area contributed by atoms with Crippen molar-refractivity contribution in [2.45, 2.75) is 0 Å². The van der Waals surface area contributed by atoms with Crippen molar-refractivity contribution in [2.24, 2.45) is 0 Å². The summed E-state index contributed by atoms with van der Waals surface area (Å²) in [7, 11) is 2.63. The molecule has 1 aromatic heterocycles. The van der Waals surface area contributed by atoms with E-state index in [2.05, 4.69) is 25.6 Å². The molecule has 106 valence electrons. The van der Waals surface area contributed by atoms with Crippen molar-refractivity contribution in [3.05, 3.63) is 28.2 Å². The van der Waals surface area contributed by atoms with Crippen molar-refractivity contribution in [3.8, 4) is 22.8 Å². The number of rotatable bonds is 4. The fourth-order valence-corrected chi connectivity index (χ4v) is 2.28. The molecule has 20 heavy (non-hydrogen) atoms. The van der Waals surface area contributed by atoms with Crippen molar-refractivity contribution in [1.82, 2.24) is 5.16 Å². The quantitative estimate of drug-likeness (QED) is 0.917. The molecule has 0 fully saturated rings. The standard InChI is InChI=1S/C12H9BrFNO5/c1-18-10-6(14)3-5(13)9(11(10)19-2)7-4-8(12(16)17)20-15-7/h3-4H,1-2H3,(H,16,17). The van der Waals surface area contributed by atoms with Gasteiger partial charge in [-0.2, -0.15) is 0 Å². The van der Waals surface area contributed by atoms with Crippen LogP contribution in [-0.2, 0) is 0 Å². The second kappa shape index (κ2) is 5.49. The third kappa shape index (κ3) is 2.34. The Morgan fingerprint density at radius 3 is 2.50 bits per heavy atom. The van der Waals surface area contributed by atoms with Gasteiger partial charge < -0.3 is 19.1 Å². The topological polar surface area (TPSA) is 81.8 Å². The molecule has 0 saturated carbocycles. The number of aromatic nitrogens is 1. The maximum atomic E-state index is 13.8. The second-order valence-electron chi connectivity index (χ2n) is 3.66. The first-order chi connectivity index (χ1) is 9.49. The number of benzene rings is 1. The van der Waals surface area contributed by atoms with Gasteiger partial charge >= 0.3 is 5.97 Å². The zero-order valence-corrected chi connectivity index (χ0v) is 12.0. The first-order valence-corrected chi connectivity index (χ1v) is 6.09. The smallest absolute Gasteiger partial charge is 0.374 e. The third-order valence-electron chi connectivity index (χ3n) is 2.53. The van der Waals surface area contributed by atoms with Crippen LogP contribution in [0.2, 0.25) is 0 Å². The Morgan fingerprint density at radius 1 is 1.35 bits per heavy atom. The summed E-state index contributed by atoms with van der Waals surface area (Å²) in [6.45, 7) is 0. The molecule has 1 N–H and O–H groups in total. The summed E-state index contributed by atoms with van der Waals surface area (Å²) in [5.41, 5.74) is 0.520. The lowest BCUT2D eigenvalue weighted by Gasteiger charge is -2.13. The van der Waals surface area contributed by atoms with Gasteiger partial charge in [0.1, 0.15) is 5.69 Å². The first-order valence-electron chi connectivity index (χ1n) is 5.30. The Morgan fingerprint density at radius 2 is 2.00 bits per heavy atom. The summed E-state index contributed by atoms with van der Waals surface area (Å²) in [4.78, 5) is 10.8. The monoisotopic (exact) mass is 345 g/mol. The molecule has 1 aromatic carbocycles. The Kier molecular flexibility index (Phi) is 3.93. The summed E-state index contributed by atoms with van der Waals surface area (Å²) < 4.78 is 28.8. The Labute approximate surface area is 121 Å². The van der Waals surface area contributed by atoms with E-state index in [0.717, 1.165) is 0 Å². The lowest BCUT2D eigenvalue weighted by Crippen LogP contribution is -1.97. The summed E-state index contributed by atoms with van der Waals surface area (Å²) in [5.74, 6) is -2.23. The highest BCUT2D eigenvalue weighted by atomic mass is 79.9. The van der Waals surface area contributed by atoms with Crippen LogP contribution in [-0.4, -0.2) is 30.5 Å². The lowest BCUT2D eigenvalue weighted by molar-refractivity contribution is 0.0652. The number of halogens is 2. The van der Waals surface area contributed by atoms with Crippen LogP contribution in [0.1, 0.15) is 10.6 Å². The van der Waals surface area contributed by atoms with Gasteiger partial charge in [-0.15, -0.1) is 0 Å². The average molecular weight is 346 g/mol. The second-order valence-corrected chi connectivity index (χ2v) is 4.52. The predicted octanol–water partition coefficient (Wildman–Crippen LogP) is 2.96. The molecule has 0 aliphatic heterocycles. The van der Waals surface area contributed by atoms with Gasteiger partial charge in [-0.05, 0) is 22.0 Å². The molecule has 0 spiro atoms. The minimum absolute atomic E-state index is 0.0876. The van der Waals surface area contributed by atoms with Crippen LogP contribution >= 0.6 is 15.9 Å². The van der Waals surface area contributed by atoms with Crippen LogP contribution in [0.5, 0.6) is 11.5 Å². The zero-order chi connectivity index (χ0) is 14.9. The normalized spacial score (nSPS) is 10.4. The maximum Gasteiger partial charge on any atom is 0.374 e. The number of ether oxygens (including phenoxy) is 2. The molecule has 2 aromatic rings.